The van der Waals surface area contributed by atoms with E-state index in [2.05, 4.69) is 10.6 Å². The first-order chi connectivity index (χ1) is 15.0. The monoisotopic (exact) mass is 416 g/mol. The van der Waals surface area contributed by atoms with Gasteiger partial charge in [-0.25, -0.2) is 9.69 Å². The maximum absolute atomic E-state index is 13.4. The average Bonchev–Trinajstić information content (AvgIpc) is 3.24. The molecule has 0 bridgehead atoms. The zero-order valence-electron chi connectivity index (χ0n) is 16.8. The highest BCUT2D eigenvalue weighted by Crippen LogP contribution is 2.41. The summed E-state index contributed by atoms with van der Waals surface area (Å²) in [5, 5.41) is 5.86. The number of likely N-dealkylation sites (tertiary alicyclic amines) is 1. The number of ketones is 1. The zero-order chi connectivity index (χ0) is 21.7. The molecule has 8 nitrogen and oxygen atoms in total. The normalized spacial score (nSPS) is 22.4. The predicted molar refractivity (Wildman–Crippen MR) is 114 cm³/mol. The van der Waals surface area contributed by atoms with Crippen LogP contribution < -0.4 is 15.5 Å². The van der Waals surface area contributed by atoms with Crippen molar-refractivity contribution < 1.29 is 19.2 Å². The number of urea groups is 1. The van der Waals surface area contributed by atoms with Gasteiger partial charge in [0.1, 0.15) is 5.70 Å². The zero-order valence-corrected chi connectivity index (χ0v) is 16.8. The van der Waals surface area contributed by atoms with Gasteiger partial charge in [-0.15, -0.1) is 0 Å². The number of hydrogen-bond acceptors (Lipinski definition) is 5. The number of piperidine rings is 1. The van der Waals surface area contributed by atoms with Crippen molar-refractivity contribution in [2.75, 3.05) is 23.8 Å². The third-order valence-corrected chi connectivity index (χ3v) is 5.93. The number of para-hydroxylation sites is 2. The Hall–Kier alpha value is -3.94. The summed E-state index contributed by atoms with van der Waals surface area (Å²) in [6.07, 6.45) is 0.802. The van der Waals surface area contributed by atoms with Gasteiger partial charge in [-0.2, -0.15) is 0 Å². The van der Waals surface area contributed by atoms with E-state index in [1.807, 2.05) is 0 Å². The van der Waals surface area contributed by atoms with E-state index in [1.165, 1.54) is 0 Å². The second kappa shape index (κ2) is 7.09. The maximum Gasteiger partial charge on any atom is 0.329 e. The molecule has 3 aliphatic heterocycles. The average molecular weight is 416 g/mol. The minimum absolute atomic E-state index is 0.0500. The summed E-state index contributed by atoms with van der Waals surface area (Å²) in [6, 6.07) is 13.0. The third-order valence-electron chi connectivity index (χ3n) is 5.93. The molecule has 156 valence electrons. The van der Waals surface area contributed by atoms with Crippen LogP contribution in [0.5, 0.6) is 0 Å². The number of amides is 4. The van der Waals surface area contributed by atoms with E-state index in [9.17, 15) is 19.2 Å². The molecular weight excluding hydrogens is 396 g/mol. The molecule has 8 heteroatoms. The lowest BCUT2D eigenvalue weighted by molar-refractivity contribution is -0.132. The molecule has 0 aliphatic carbocycles. The van der Waals surface area contributed by atoms with Crippen LogP contribution in [0.15, 0.2) is 54.2 Å². The molecule has 0 radical (unpaired) electrons. The van der Waals surface area contributed by atoms with Gasteiger partial charge in [0.2, 0.25) is 11.7 Å². The van der Waals surface area contributed by atoms with Crippen molar-refractivity contribution in [1.29, 1.82) is 0 Å². The minimum Gasteiger partial charge on any atom is -0.351 e. The van der Waals surface area contributed by atoms with Crippen LogP contribution in [-0.4, -0.2) is 48.2 Å². The van der Waals surface area contributed by atoms with Crippen LogP contribution in [0.25, 0.3) is 5.57 Å². The van der Waals surface area contributed by atoms with E-state index in [-0.39, 0.29) is 35.4 Å². The van der Waals surface area contributed by atoms with Crippen molar-refractivity contribution in [2.45, 2.75) is 18.9 Å². The lowest BCUT2D eigenvalue weighted by Crippen LogP contribution is -2.51. The van der Waals surface area contributed by atoms with Crippen molar-refractivity contribution >= 4 is 40.6 Å². The summed E-state index contributed by atoms with van der Waals surface area (Å²) < 4.78 is 0. The van der Waals surface area contributed by atoms with E-state index in [0.717, 1.165) is 4.90 Å². The van der Waals surface area contributed by atoms with Gasteiger partial charge < -0.3 is 15.5 Å². The van der Waals surface area contributed by atoms with Gasteiger partial charge in [-0.3, -0.25) is 14.4 Å². The number of carbonyl (C=O) groups is 4. The molecule has 3 heterocycles. The Bertz CT molecular complexity index is 1190. The molecule has 0 aromatic heterocycles. The molecule has 31 heavy (non-hydrogen) atoms. The van der Waals surface area contributed by atoms with Crippen LogP contribution in [0.4, 0.5) is 16.2 Å². The molecule has 1 atom stereocenters. The Morgan fingerprint density at radius 2 is 1.74 bits per heavy atom. The number of rotatable bonds is 1. The smallest absolute Gasteiger partial charge is 0.329 e. The van der Waals surface area contributed by atoms with Crippen LogP contribution in [0, 0.1) is 0 Å². The van der Waals surface area contributed by atoms with Crippen LogP contribution in [0.3, 0.4) is 0 Å². The second-order valence-corrected chi connectivity index (χ2v) is 7.86. The molecule has 1 saturated heterocycles. The molecule has 0 spiro atoms. The van der Waals surface area contributed by atoms with Gasteiger partial charge in [0.25, 0.3) is 5.91 Å². The Kier molecular flexibility index (Phi) is 4.35. The number of anilines is 2. The fourth-order valence-corrected chi connectivity index (χ4v) is 4.26. The Morgan fingerprint density at radius 1 is 1.03 bits per heavy atom. The van der Waals surface area contributed by atoms with Crippen molar-refractivity contribution in [2.24, 2.45) is 0 Å². The molecule has 1 unspecified atom stereocenters. The van der Waals surface area contributed by atoms with E-state index in [0.29, 0.717) is 35.5 Å². The fourth-order valence-electron chi connectivity index (χ4n) is 4.26. The van der Waals surface area contributed by atoms with Crippen LogP contribution in [-0.2, 0) is 9.59 Å². The molecule has 3 aliphatic rings. The van der Waals surface area contributed by atoms with Crippen molar-refractivity contribution in [1.82, 2.24) is 10.2 Å². The summed E-state index contributed by atoms with van der Waals surface area (Å²) in [5.41, 5.74) is 2.40. The van der Waals surface area contributed by atoms with Crippen molar-refractivity contribution in [3.8, 4) is 0 Å². The molecule has 0 saturated carbocycles. The Labute approximate surface area is 178 Å². The standard InChI is InChI=1S/C23H20N4O4/c1-26-11-10-13(12-18(26)28)24-23(31)27-17-9-5-3-7-15(17)19(22(27)30)20-21(29)14-6-2-4-8-16(14)25-20/h2-9,13,25H,10-12H2,1H3,(H,24,31)/b20-19-. The second-order valence-electron chi connectivity index (χ2n) is 7.86. The van der Waals surface area contributed by atoms with E-state index >= 15 is 0 Å². The molecule has 1 fully saturated rings. The third kappa shape index (κ3) is 2.99. The van der Waals surface area contributed by atoms with Crippen molar-refractivity contribution in [3.05, 3.63) is 65.4 Å². The van der Waals surface area contributed by atoms with E-state index < -0.39 is 11.9 Å². The highest BCUT2D eigenvalue weighted by molar-refractivity contribution is 6.44. The number of imide groups is 1. The number of allylic oxidation sites excluding steroid dienone is 1. The van der Waals surface area contributed by atoms with Gasteiger partial charge in [-0.05, 0) is 24.6 Å². The van der Waals surface area contributed by atoms with Crippen LogP contribution in [0.1, 0.15) is 28.8 Å². The summed E-state index contributed by atoms with van der Waals surface area (Å²) in [6.45, 7) is 0.542. The number of carbonyl (C=O) groups excluding carboxylic acids is 4. The number of nitrogens with zero attached hydrogens (tertiary/aromatic N) is 2. The Balaban J connectivity index is 1.49. The minimum atomic E-state index is -0.599. The quantitative estimate of drug-likeness (QED) is 0.696. The lowest BCUT2D eigenvalue weighted by atomic mass is 10.0. The van der Waals surface area contributed by atoms with Gasteiger partial charge in [0.15, 0.2) is 0 Å². The van der Waals surface area contributed by atoms with E-state index in [1.54, 1.807) is 60.5 Å². The highest BCUT2D eigenvalue weighted by Gasteiger charge is 2.42. The van der Waals surface area contributed by atoms with Gasteiger partial charge >= 0.3 is 6.03 Å². The number of hydrogen-bond donors (Lipinski definition) is 2. The first kappa shape index (κ1) is 19.0. The topological polar surface area (TPSA) is 98.8 Å². The predicted octanol–water partition coefficient (Wildman–Crippen LogP) is 2.38. The van der Waals surface area contributed by atoms with Gasteiger partial charge in [-0.1, -0.05) is 30.3 Å². The molecule has 4 amide bonds. The van der Waals surface area contributed by atoms with Crippen LogP contribution >= 0.6 is 0 Å². The summed E-state index contributed by atoms with van der Waals surface area (Å²) in [5.74, 6) is -0.899. The number of nitrogens with one attached hydrogen (secondary N) is 2. The summed E-state index contributed by atoms with van der Waals surface area (Å²) >= 11 is 0. The number of fused-ring (bicyclic) bond motifs is 2. The number of benzene rings is 2. The van der Waals surface area contributed by atoms with Crippen molar-refractivity contribution in [3.63, 3.8) is 0 Å². The number of Topliss-reactive ketones (excluding diaryl/α,β-unsaturated/α-hetero) is 1. The van der Waals surface area contributed by atoms with Gasteiger partial charge in [0, 0.05) is 42.9 Å². The summed E-state index contributed by atoms with van der Waals surface area (Å²) in [7, 11) is 1.72. The molecule has 2 N–H and O–H groups in total. The first-order valence-electron chi connectivity index (χ1n) is 10.1. The Morgan fingerprint density at radius 3 is 2.48 bits per heavy atom. The van der Waals surface area contributed by atoms with E-state index in [4.69, 9.17) is 0 Å². The summed E-state index contributed by atoms with van der Waals surface area (Å²) in [4.78, 5) is 54.1. The fraction of sp³-hybridized carbons (Fsp3) is 0.217. The molecular formula is C23H20N4O4. The lowest BCUT2D eigenvalue weighted by Gasteiger charge is -2.30. The molecule has 2 aromatic carbocycles. The molecule has 5 rings (SSSR count). The maximum atomic E-state index is 13.4. The van der Waals surface area contributed by atoms with Gasteiger partial charge in [0.05, 0.1) is 11.3 Å². The highest BCUT2D eigenvalue weighted by atomic mass is 16.2. The first-order valence-corrected chi connectivity index (χ1v) is 10.1. The molecule has 2 aromatic rings. The largest absolute Gasteiger partial charge is 0.351 e. The SMILES string of the molecule is CN1CCC(NC(=O)N2C(=O)/C(=C3\Nc4ccccc4C3=O)c3ccccc32)CC1=O. The van der Waals surface area contributed by atoms with Crippen LogP contribution in [0.2, 0.25) is 0 Å².